The topological polar surface area (TPSA) is 59.6 Å². The summed E-state index contributed by atoms with van der Waals surface area (Å²) in [5, 5.41) is 5.91. The number of urea groups is 1. The van der Waals surface area contributed by atoms with Crippen LogP contribution >= 0.6 is 11.6 Å². The van der Waals surface area contributed by atoms with Crippen molar-refractivity contribution in [2.75, 3.05) is 25.1 Å². The number of rotatable bonds is 6. The van der Waals surface area contributed by atoms with Gasteiger partial charge in [-0.2, -0.15) is 0 Å². The lowest BCUT2D eigenvalue weighted by molar-refractivity contribution is 0.253. The molecule has 0 aliphatic rings. The number of anilines is 1. The van der Waals surface area contributed by atoms with Crippen LogP contribution in [-0.2, 0) is 0 Å². The number of amides is 2. The molecule has 25 heavy (non-hydrogen) atoms. The van der Waals surface area contributed by atoms with Gasteiger partial charge in [0.25, 0.3) is 0 Å². The molecular formula is C19H19ClN2O3. The SMILES string of the molecule is CCOc1ccccc1NC(=O)NCC#CCOc1ccccc1Cl. The van der Waals surface area contributed by atoms with Gasteiger partial charge in [0.15, 0.2) is 0 Å². The Labute approximate surface area is 152 Å². The van der Waals surface area contributed by atoms with Crippen molar-refractivity contribution in [3.05, 3.63) is 53.6 Å². The number of para-hydroxylation sites is 3. The summed E-state index contributed by atoms with van der Waals surface area (Å²) in [6.07, 6.45) is 0. The van der Waals surface area contributed by atoms with Crippen LogP contribution < -0.4 is 20.1 Å². The monoisotopic (exact) mass is 358 g/mol. The van der Waals surface area contributed by atoms with E-state index in [-0.39, 0.29) is 19.2 Å². The predicted molar refractivity (Wildman–Crippen MR) is 99.4 cm³/mol. The minimum absolute atomic E-state index is 0.195. The van der Waals surface area contributed by atoms with Gasteiger partial charge in [-0.05, 0) is 31.2 Å². The fraction of sp³-hybridized carbons (Fsp3) is 0.211. The molecule has 6 heteroatoms. The third-order valence-electron chi connectivity index (χ3n) is 3.03. The van der Waals surface area contributed by atoms with E-state index >= 15 is 0 Å². The Balaban J connectivity index is 1.73. The van der Waals surface area contributed by atoms with Crippen LogP contribution in [0.5, 0.6) is 11.5 Å². The van der Waals surface area contributed by atoms with Crippen LogP contribution in [0, 0.1) is 11.8 Å². The minimum Gasteiger partial charge on any atom is -0.492 e. The number of ether oxygens (including phenoxy) is 2. The number of hydrogen-bond donors (Lipinski definition) is 2. The Morgan fingerprint density at radius 3 is 2.52 bits per heavy atom. The third kappa shape index (κ3) is 6.28. The third-order valence-corrected chi connectivity index (χ3v) is 3.35. The molecule has 2 aromatic carbocycles. The highest BCUT2D eigenvalue weighted by atomic mass is 35.5. The Hall–Kier alpha value is -2.84. The summed E-state index contributed by atoms with van der Waals surface area (Å²) in [6.45, 7) is 2.81. The second-order valence-electron chi connectivity index (χ2n) is 4.81. The van der Waals surface area contributed by atoms with Gasteiger partial charge >= 0.3 is 6.03 Å². The Kier molecular flexibility index (Phi) is 7.48. The zero-order valence-electron chi connectivity index (χ0n) is 13.8. The number of benzene rings is 2. The lowest BCUT2D eigenvalue weighted by Gasteiger charge is -2.11. The molecule has 0 fully saturated rings. The molecular weight excluding hydrogens is 340 g/mol. The summed E-state index contributed by atoms with van der Waals surface area (Å²) in [4.78, 5) is 11.9. The maximum absolute atomic E-state index is 11.9. The van der Waals surface area contributed by atoms with Crippen molar-refractivity contribution in [3.8, 4) is 23.3 Å². The van der Waals surface area contributed by atoms with Crippen molar-refractivity contribution in [1.82, 2.24) is 5.32 Å². The highest BCUT2D eigenvalue weighted by Crippen LogP contribution is 2.23. The molecule has 2 amide bonds. The number of nitrogens with one attached hydrogen (secondary N) is 2. The average Bonchev–Trinajstić information content (AvgIpc) is 2.61. The van der Waals surface area contributed by atoms with E-state index in [0.717, 1.165) is 0 Å². The van der Waals surface area contributed by atoms with Crippen LogP contribution in [0.25, 0.3) is 0 Å². The number of halogens is 1. The molecule has 0 heterocycles. The second-order valence-corrected chi connectivity index (χ2v) is 5.22. The molecule has 0 unspecified atom stereocenters. The first-order valence-electron chi connectivity index (χ1n) is 7.80. The fourth-order valence-electron chi connectivity index (χ4n) is 1.93. The Morgan fingerprint density at radius 2 is 1.76 bits per heavy atom. The van der Waals surface area contributed by atoms with Gasteiger partial charge in [0.1, 0.15) is 18.1 Å². The zero-order chi connectivity index (χ0) is 17.9. The van der Waals surface area contributed by atoms with Crippen molar-refractivity contribution in [1.29, 1.82) is 0 Å². The van der Waals surface area contributed by atoms with Crippen LogP contribution in [0.4, 0.5) is 10.5 Å². The molecule has 2 rings (SSSR count). The summed E-state index contributed by atoms with van der Waals surface area (Å²) in [6, 6.07) is 14.1. The molecule has 0 saturated heterocycles. The van der Waals surface area contributed by atoms with Crippen LogP contribution in [0.15, 0.2) is 48.5 Å². The molecule has 0 atom stereocenters. The van der Waals surface area contributed by atoms with E-state index in [4.69, 9.17) is 21.1 Å². The van der Waals surface area contributed by atoms with E-state index in [2.05, 4.69) is 22.5 Å². The summed E-state index contributed by atoms with van der Waals surface area (Å²) < 4.78 is 10.9. The normalized spacial score (nSPS) is 9.52. The molecule has 0 bridgehead atoms. The molecule has 0 saturated carbocycles. The molecule has 5 nitrogen and oxygen atoms in total. The van der Waals surface area contributed by atoms with Crippen LogP contribution in [0.3, 0.4) is 0 Å². The standard InChI is InChI=1S/C19H19ClN2O3/c1-2-24-18-12-6-4-10-16(18)22-19(23)21-13-7-8-14-25-17-11-5-3-9-15(17)20/h3-6,9-12H,2,13-14H2,1H3,(H2,21,22,23). The molecule has 0 spiro atoms. The second kappa shape index (κ2) is 10.1. The van der Waals surface area contributed by atoms with Gasteiger partial charge < -0.3 is 20.1 Å². The number of carbonyl (C=O) groups excluding carboxylic acids is 1. The van der Waals surface area contributed by atoms with Gasteiger partial charge in [-0.15, -0.1) is 0 Å². The molecule has 2 aromatic rings. The van der Waals surface area contributed by atoms with Gasteiger partial charge in [0.05, 0.1) is 23.9 Å². The van der Waals surface area contributed by atoms with E-state index in [1.54, 1.807) is 24.3 Å². The fourth-order valence-corrected chi connectivity index (χ4v) is 2.12. The lowest BCUT2D eigenvalue weighted by Crippen LogP contribution is -2.29. The maximum Gasteiger partial charge on any atom is 0.320 e. The van der Waals surface area contributed by atoms with E-state index in [1.807, 2.05) is 31.2 Å². The molecule has 0 aliphatic heterocycles. The van der Waals surface area contributed by atoms with E-state index in [0.29, 0.717) is 28.8 Å². The smallest absolute Gasteiger partial charge is 0.320 e. The number of carbonyl (C=O) groups is 1. The average molecular weight is 359 g/mol. The minimum atomic E-state index is -0.353. The van der Waals surface area contributed by atoms with Gasteiger partial charge in [-0.1, -0.05) is 47.7 Å². The van der Waals surface area contributed by atoms with Crippen molar-refractivity contribution >= 4 is 23.3 Å². The molecule has 0 radical (unpaired) electrons. The van der Waals surface area contributed by atoms with Crippen molar-refractivity contribution in [2.45, 2.75) is 6.92 Å². The molecule has 0 aromatic heterocycles. The summed E-state index contributed by atoms with van der Waals surface area (Å²) in [5.41, 5.74) is 0.608. The van der Waals surface area contributed by atoms with Crippen LogP contribution in [0.2, 0.25) is 5.02 Å². The zero-order valence-corrected chi connectivity index (χ0v) is 14.6. The maximum atomic E-state index is 11.9. The van der Waals surface area contributed by atoms with Crippen molar-refractivity contribution in [2.24, 2.45) is 0 Å². The van der Waals surface area contributed by atoms with Crippen molar-refractivity contribution in [3.63, 3.8) is 0 Å². The van der Waals surface area contributed by atoms with Gasteiger partial charge in [0, 0.05) is 0 Å². The molecule has 0 aliphatic carbocycles. The Morgan fingerprint density at radius 1 is 1.04 bits per heavy atom. The molecule has 130 valence electrons. The first kappa shape index (κ1) is 18.5. The lowest BCUT2D eigenvalue weighted by atomic mass is 10.3. The molecule has 2 N–H and O–H groups in total. The van der Waals surface area contributed by atoms with Crippen molar-refractivity contribution < 1.29 is 14.3 Å². The largest absolute Gasteiger partial charge is 0.492 e. The van der Waals surface area contributed by atoms with Crippen LogP contribution in [-0.4, -0.2) is 25.8 Å². The summed E-state index contributed by atoms with van der Waals surface area (Å²) >= 11 is 5.97. The highest BCUT2D eigenvalue weighted by molar-refractivity contribution is 6.32. The highest BCUT2D eigenvalue weighted by Gasteiger charge is 2.05. The Bertz CT molecular complexity index is 769. The quantitative estimate of drug-likeness (QED) is 0.769. The predicted octanol–water partition coefficient (Wildman–Crippen LogP) is 3.94. The van der Waals surface area contributed by atoms with E-state index in [1.165, 1.54) is 0 Å². The summed E-state index contributed by atoms with van der Waals surface area (Å²) in [7, 11) is 0. The number of hydrogen-bond acceptors (Lipinski definition) is 3. The van der Waals surface area contributed by atoms with Crippen LogP contribution in [0.1, 0.15) is 6.92 Å². The van der Waals surface area contributed by atoms with E-state index < -0.39 is 0 Å². The first-order chi connectivity index (χ1) is 12.2. The van der Waals surface area contributed by atoms with Gasteiger partial charge in [-0.25, -0.2) is 4.79 Å². The van der Waals surface area contributed by atoms with Gasteiger partial charge in [0.2, 0.25) is 0 Å². The van der Waals surface area contributed by atoms with Gasteiger partial charge in [-0.3, -0.25) is 0 Å². The summed E-state index contributed by atoms with van der Waals surface area (Å²) in [5.74, 6) is 6.83. The van der Waals surface area contributed by atoms with E-state index in [9.17, 15) is 4.79 Å². The first-order valence-corrected chi connectivity index (χ1v) is 8.18.